The van der Waals surface area contributed by atoms with Crippen LogP contribution in [0.3, 0.4) is 0 Å². The van der Waals surface area contributed by atoms with Gasteiger partial charge in [0.15, 0.2) is 0 Å². The number of rotatable bonds is 5. The van der Waals surface area contributed by atoms with Crippen molar-refractivity contribution in [3.8, 4) is 0 Å². The second-order valence-corrected chi connectivity index (χ2v) is 3.40. The molecule has 0 unspecified atom stereocenters. The third-order valence-electron chi connectivity index (χ3n) is 2.15. The van der Waals surface area contributed by atoms with Gasteiger partial charge in [-0.3, -0.25) is 9.48 Å². The number of nitrogens with zero attached hydrogens (tertiary/aromatic N) is 2. The second kappa shape index (κ2) is 5.42. The predicted octanol–water partition coefficient (Wildman–Crippen LogP) is 1.19. The maximum atomic E-state index is 11.4. The lowest BCUT2D eigenvalue weighted by atomic mass is 10.2. The first-order chi connectivity index (χ1) is 6.72. The summed E-state index contributed by atoms with van der Waals surface area (Å²) in [5.41, 5.74) is 0. The quantitative estimate of drug-likeness (QED) is 0.767. The minimum absolute atomic E-state index is 0.0925. The van der Waals surface area contributed by atoms with Crippen LogP contribution in [0.15, 0.2) is 18.5 Å². The molecule has 0 radical (unpaired) electrons. The van der Waals surface area contributed by atoms with Gasteiger partial charge in [0.25, 0.3) is 0 Å². The van der Waals surface area contributed by atoms with Crippen molar-refractivity contribution < 1.29 is 4.79 Å². The predicted molar refractivity (Wildman–Crippen MR) is 54.7 cm³/mol. The van der Waals surface area contributed by atoms with Gasteiger partial charge in [-0.15, -0.1) is 0 Å². The first-order valence-electron chi connectivity index (χ1n) is 4.99. The molecule has 0 saturated heterocycles. The maximum absolute atomic E-state index is 11.4. The van der Waals surface area contributed by atoms with Crippen LogP contribution in [0.4, 0.5) is 0 Å². The summed E-state index contributed by atoms with van der Waals surface area (Å²) in [6, 6.07) is 2.12. The average molecular weight is 195 g/mol. The molecule has 0 spiro atoms. The van der Waals surface area contributed by atoms with Gasteiger partial charge in [0, 0.05) is 31.4 Å². The monoisotopic (exact) mass is 195 g/mol. The number of hydrogen-bond acceptors (Lipinski definition) is 2. The Kier molecular flexibility index (Phi) is 4.16. The zero-order chi connectivity index (χ0) is 10.4. The highest BCUT2D eigenvalue weighted by atomic mass is 16.1. The van der Waals surface area contributed by atoms with E-state index >= 15 is 0 Å². The van der Waals surface area contributed by atoms with E-state index in [-0.39, 0.29) is 11.9 Å². The Morgan fingerprint density at radius 1 is 1.64 bits per heavy atom. The van der Waals surface area contributed by atoms with Gasteiger partial charge in [-0.1, -0.05) is 6.92 Å². The topological polar surface area (TPSA) is 46.9 Å². The van der Waals surface area contributed by atoms with E-state index in [4.69, 9.17) is 0 Å². The molecule has 0 saturated carbocycles. The zero-order valence-corrected chi connectivity index (χ0v) is 8.73. The molecule has 14 heavy (non-hydrogen) atoms. The summed E-state index contributed by atoms with van der Waals surface area (Å²) in [4.78, 5) is 11.4. The van der Waals surface area contributed by atoms with Crippen molar-refractivity contribution in [2.75, 3.05) is 0 Å². The van der Waals surface area contributed by atoms with Crippen molar-refractivity contribution in [3.63, 3.8) is 0 Å². The molecule has 1 rings (SSSR count). The minimum Gasteiger partial charge on any atom is -0.354 e. The Balaban J connectivity index is 2.22. The molecule has 4 heteroatoms. The molecule has 1 aromatic rings. The van der Waals surface area contributed by atoms with Gasteiger partial charge in [0.1, 0.15) is 0 Å². The summed E-state index contributed by atoms with van der Waals surface area (Å²) in [5.74, 6) is 0.0925. The molecule has 78 valence electrons. The third kappa shape index (κ3) is 3.60. The van der Waals surface area contributed by atoms with E-state index in [0.717, 1.165) is 6.42 Å². The molecule has 1 atom stereocenters. The van der Waals surface area contributed by atoms with Gasteiger partial charge < -0.3 is 5.32 Å². The Bertz CT molecular complexity index is 269. The van der Waals surface area contributed by atoms with Crippen molar-refractivity contribution in [2.24, 2.45) is 0 Å². The van der Waals surface area contributed by atoms with Crippen LogP contribution in [0, 0.1) is 0 Å². The summed E-state index contributed by atoms with van der Waals surface area (Å²) in [5, 5.41) is 6.94. The smallest absolute Gasteiger partial charge is 0.222 e. The van der Waals surface area contributed by atoms with E-state index in [1.165, 1.54) is 0 Å². The van der Waals surface area contributed by atoms with E-state index in [1.54, 1.807) is 10.9 Å². The van der Waals surface area contributed by atoms with Gasteiger partial charge in [0.05, 0.1) is 0 Å². The van der Waals surface area contributed by atoms with Crippen LogP contribution in [0.1, 0.15) is 26.7 Å². The molecule has 0 aliphatic heterocycles. The molecule has 1 amide bonds. The van der Waals surface area contributed by atoms with E-state index in [2.05, 4.69) is 17.3 Å². The summed E-state index contributed by atoms with van der Waals surface area (Å²) < 4.78 is 1.76. The van der Waals surface area contributed by atoms with Crippen LogP contribution in [0.2, 0.25) is 0 Å². The molecular weight excluding hydrogens is 178 g/mol. The summed E-state index contributed by atoms with van der Waals surface area (Å²) in [6.45, 7) is 4.71. The number of hydrogen-bond donors (Lipinski definition) is 1. The van der Waals surface area contributed by atoms with Crippen LogP contribution in [0.5, 0.6) is 0 Å². The fraction of sp³-hybridized carbons (Fsp3) is 0.600. The Morgan fingerprint density at radius 2 is 2.43 bits per heavy atom. The summed E-state index contributed by atoms with van der Waals surface area (Å²) in [6.07, 6.45) is 5.03. The van der Waals surface area contributed by atoms with Crippen LogP contribution in [0.25, 0.3) is 0 Å². The van der Waals surface area contributed by atoms with Gasteiger partial charge in [-0.2, -0.15) is 5.10 Å². The Morgan fingerprint density at radius 3 is 3.00 bits per heavy atom. The maximum Gasteiger partial charge on any atom is 0.222 e. The molecule has 0 aliphatic rings. The van der Waals surface area contributed by atoms with Gasteiger partial charge in [-0.05, 0) is 19.4 Å². The van der Waals surface area contributed by atoms with Crippen molar-refractivity contribution in [2.45, 2.75) is 39.3 Å². The Hall–Kier alpha value is -1.32. The standard InChI is InChI=1S/C10H17N3O/c1-3-9(2)12-10(14)5-8-13-7-4-6-11-13/h4,6-7,9H,3,5,8H2,1-2H3,(H,12,14)/t9-/m0/s1. The number of amides is 1. The highest BCUT2D eigenvalue weighted by molar-refractivity contribution is 5.76. The van der Waals surface area contributed by atoms with Crippen molar-refractivity contribution >= 4 is 5.91 Å². The SMILES string of the molecule is CC[C@H](C)NC(=O)CCn1cccn1. The molecule has 0 aliphatic carbocycles. The lowest BCUT2D eigenvalue weighted by Gasteiger charge is -2.10. The fourth-order valence-electron chi connectivity index (χ4n) is 1.10. The molecule has 4 nitrogen and oxygen atoms in total. The first kappa shape index (κ1) is 10.8. The molecule has 0 bridgehead atoms. The lowest BCUT2D eigenvalue weighted by Crippen LogP contribution is -2.32. The van der Waals surface area contributed by atoms with E-state index in [1.807, 2.05) is 19.2 Å². The normalized spacial score (nSPS) is 12.4. The number of nitrogens with one attached hydrogen (secondary N) is 1. The number of carbonyl (C=O) groups excluding carboxylic acids is 1. The van der Waals surface area contributed by atoms with Crippen LogP contribution >= 0.6 is 0 Å². The molecule has 0 fully saturated rings. The zero-order valence-electron chi connectivity index (χ0n) is 8.73. The van der Waals surface area contributed by atoms with E-state index in [9.17, 15) is 4.79 Å². The lowest BCUT2D eigenvalue weighted by molar-refractivity contribution is -0.121. The van der Waals surface area contributed by atoms with Gasteiger partial charge >= 0.3 is 0 Å². The van der Waals surface area contributed by atoms with Crippen molar-refractivity contribution in [3.05, 3.63) is 18.5 Å². The van der Waals surface area contributed by atoms with Gasteiger partial charge in [-0.25, -0.2) is 0 Å². The van der Waals surface area contributed by atoms with Gasteiger partial charge in [0.2, 0.25) is 5.91 Å². The highest BCUT2D eigenvalue weighted by Crippen LogP contribution is 1.92. The van der Waals surface area contributed by atoms with E-state index < -0.39 is 0 Å². The van der Waals surface area contributed by atoms with Crippen molar-refractivity contribution in [1.29, 1.82) is 0 Å². The van der Waals surface area contributed by atoms with Crippen LogP contribution in [-0.2, 0) is 11.3 Å². The fourth-order valence-corrected chi connectivity index (χ4v) is 1.10. The summed E-state index contributed by atoms with van der Waals surface area (Å²) in [7, 11) is 0. The second-order valence-electron chi connectivity index (χ2n) is 3.40. The molecule has 0 aromatic carbocycles. The molecule has 1 heterocycles. The highest BCUT2D eigenvalue weighted by Gasteiger charge is 2.04. The number of aryl methyl sites for hydroxylation is 1. The van der Waals surface area contributed by atoms with Crippen LogP contribution in [-0.4, -0.2) is 21.7 Å². The number of carbonyl (C=O) groups is 1. The van der Waals surface area contributed by atoms with Crippen molar-refractivity contribution in [1.82, 2.24) is 15.1 Å². The minimum atomic E-state index is 0.0925. The summed E-state index contributed by atoms with van der Waals surface area (Å²) >= 11 is 0. The third-order valence-corrected chi connectivity index (χ3v) is 2.15. The van der Waals surface area contributed by atoms with Crippen LogP contribution < -0.4 is 5.32 Å². The first-order valence-corrected chi connectivity index (χ1v) is 4.99. The largest absolute Gasteiger partial charge is 0.354 e. The number of aromatic nitrogens is 2. The Labute approximate surface area is 84.3 Å². The molecular formula is C10H17N3O. The average Bonchev–Trinajstić information content (AvgIpc) is 2.67. The van der Waals surface area contributed by atoms with E-state index in [0.29, 0.717) is 13.0 Å². The molecule has 1 aromatic heterocycles. The molecule has 1 N–H and O–H groups in total.